The molecule has 0 spiro atoms. The summed E-state index contributed by atoms with van der Waals surface area (Å²) in [6.45, 7) is 1.35. The fraction of sp³-hybridized carbons (Fsp3) is 0.400. The van der Waals surface area contributed by atoms with Gasteiger partial charge in [0.1, 0.15) is 12.2 Å². The van der Waals surface area contributed by atoms with Crippen molar-refractivity contribution in [2.24, 2.45) is 0 Å². The summed E-state index contributed by atoms with van der Waals surface area (Å²) in [5, 5.41) is 20.6. The van der Waals surface area contributed by atoms with Gasteiger partial charge in [-0.3, -0.25) is 28.8 Å². The third-order valence-corrected chi connectivity index (χ3v) is 5.33. The number of amides is 2. The van der Waals surface area contributed by atoms with Gasteiger partial charge < -0.3 is 14.9 Å². The highest BCUT2D eigenvalue weighted by atomic mass is 16.7. The number of benzene rings is 1. The molecule has 11 heteroatoms. The number of carbonyl (C=O) groups is 2. The largest absolute Gasteiger partial charge is 0.394 e. The summed E-state index contributed by atoms with van der Waals surface area (Å²) in [6, 6.07) is 6.02. The first-order valence-electron chi connectivity index (χ1n) is 9.80. The van der Waals surface area contributed by atoms with Gasteiger partial charge in [0, 0.05) is 12.3 Å². The van der Waals surface area contributed by atoms with Gasteiger partial charge in [0.2, 0.25) is 0 Å². The zero-order valence-corrected chi connectivity index (χ0v) is 16.6. The highest BCUT2D eigenvalue weighted by molar-refractivity contribution is 6.21. The number of aromatic nitrogens is 2. The Morgan fingerprint density at radius 2 is 1.94 bits per heavy atom. The van der Waals surface area contributed by atoms with Crippen LogP contribution in [0.4, 0.5) is 0 Å². The van der Waals surface area contributed by atoms with E-state index < -0.39 is 54.2 Å². The molecule has 1 fully saturated rings. The van der Waals surface area contributed by atoms with Crippen LogP contribution >= 0.6 is 0 Å². The molecule has 2 amide bonds. The molecular formula is C20H21N3O8. The van der Waals surface area contributed by atoms with E-state index >= 15 is 0 Å². The fourth-order valence-corrected chi connectivity index (χ4v) is 3.86. The monoisotopic (exact) mass is 431 g/mol. The molecule has 0 unspecified atom stereocenters. The maximum Gasteiger partial charge on any atom is 0.330 e. The number of hydrogen-bond acceptors (Lipinski definition) is 8. The average molecular weight is 431 g/mol. The standard InChI is InChI=1S/C20H21N3O8/c1-2-4-10-5-3-6-11-14(10)18(28)23(17(11)27)31-16-15(26)12(9-24)30-19(16)22-8-7-13(25)21-20(22)29/h3,5-8,12,15-16,19,24,26H,2,4,9H2,1H3,(H,21,25,29)/t12-,15-,16-,19-/m1/s1. The number of imide groups is 1. The van der Waals surface area contributed by atoms with Gasteiger partial charge in [0.25, 0.3) is 17.4 Å². The molecule has 4 rings (SSSR count). The summed E-state index contributed by atoms with van der Waals surface area (Å²) in [5.74, 6) is -1.39. The Balaban J connectivity index is 1.68. The van der Waals surface area contributed by atoms with Crippen LogP contribution in [-0.2, 0) is 16.0 Å². The number of hydrogen-bond donors (Lipinski definition) is 3. The Hall–Kier alpha value is -3.12. The van der Waals surface area contributed by atoms with Crippen molar-refractivity contribution in [3.05, 3.63) is 68.0 Å². The predicted octanol–water partition coefficient (Wildman–Crippen LogP) is -0.664. The number of aromatic amines is 1. The number of nitrogens with one attached hydrogen (secondary N) is 1. The van der Waals surface area contributed by atoms with E-state index in [0.29, 0.717) is 17.0 Å². The van der Waals surface area contributed by atoms with Crippen molar-refractivity contribution in [3.63, 3.8) is 0 Å². The number of carbonyl (C=O) groups excluding carboxylic acids is 2. The second-order valence-corrected chi connectivity index (χ2v) is 7.32. The van der Waals surface area contributed by atoms with Crippen LogP contribution in [0.15, 0.2) is 40.1 Å². The molecule has 0 saturated carbocycles. The maximum atomic E-state index is 13.0. The zero-order valence-electron chi connectivity index (χ0n) is 16.6. The third kappa shape index (κ3) is 3.51. The molecule has 3 N–H and O–H groups in total. The summed E-state index contributed by atoms with van der Waals surface area (Å²) < 4.78 is 6.48. The normalized spacial score (nSPS) is 25.3. The van der Waals surface area contributed by atoms with Crippen LogP contribution in [0.5, 0.6) is 0 Å². The van der Waals surface area contributed by atoms with Crippen molar-refractivity contribution in [1.29, 1.82) is 0 Å². The van der Waals surface area contributed by atoms with E-state index in [9.17, 15) is 29.4 Å². The van der Waals surface area contributed by atoms with E-state index in [1.54, 1.807) is 12.1 Å². The molecule has 31 heavy (non-hydrogen) atoms. The summed E-state index contributed by atoms with van der Waals surface area (Å²) >= 11 is 0. The predicted molar refractivity (Wildman–Crippen MR) is 104 cm³/mol. The summed E-state index contributed by atoms with van der Waals surface area (Å²) in [7, 11) is 0. The number of aryl methyl sites for hydroxylation is 1. The molecule has 1 saturated heterocycles. The highest BCUT2D eigenvalue weighted by Gasteiger charge is 2.50. The smallest absolute Gasteiger partial charge is 0.330 e. The summed E-state index contributed by atoms with van der Waals surface area (Å²) in [4.78, 5) is 57.1. The van der Waals surface area contributed by atoms with Crippen molar-refractivity contribution in [3.8, 4) is 0 Å². The molecule has 0 bridgehead atoms. The van der Waals surface area contributed by atoms with E-state index in [4.69, 9.17) is 9.57 Å². The lowest BCUT2D eigenvalue weighted by atomic mass is 9.99. The van der Waals surface area contributed by atoms with E-state index in [1.807, 2.05) is 6.92 Å². The molecule has 2 aliphatic heterocycles. The average Bonchev–Trinajstić information content (AvgIpc) is 3.18. The zero-order chi connectivity index (χ0) is 22.3. The lowest BCUT2D eigenvalue weighted by Crippen LogP contribution is -2.44. The van der Waals surface area contributed by atoms with Crippen molar-refractivity contribution < 1.29 is 29.4 Å². The van der Waals surface area contributed by atoms with Crippen molar-refractivity contribution >= 4 is 11.8 Å². The summed E-state index contributed by atoms with van der Waals surface area (Å²) in [5.41, 5.74) is -0.362. The molecule has 4 atom stereocenters. The Bertz CT molecular complexity index is 1140. The maximum absolute atomic E-state index is 13.0. The lowest BCUT2D eigenvalue weighted by molar-refractivity contribution is -0.178. The van der Waals surface area contributed by atoms with Crippen LogP contribution in [0.1, 0.15) is 45.9 Å². The van der Waals surface area contributed by atoms with Gasteiger partial charge in [-0.15, -0.1) is 5.06 Å². The molecule has 3 heterocycles. The minimum Gasteiger partial charge on any atom is -0.394 e. The Kier molecular flexibility index (Phi) is 5.58. The second-order valence-electron chi connectivity index (χ2n) is 7.32. The number of fused-ring (bicyclic) bond motifs is 1. The second kappa shape index (κ2) is 8.19. The van der Waals surface area contributed by atoms with E-state index in [0.717, 1.165) is 23.3 Å². The molecule has 1 aromatic carbocycles. The molecular weight excluding hydrogens is 410 g/mol. The van der Waals surface area contributed by atoms with Gasteiger partial charge in [-0.2, -0.15) is 0 Å². The first-order valence-corrected chi connectivity index (χ1v) is 9.80. The lowest BCUT2D eigenvalue weighted by Gasteiger charge is -2.25. The first kappa shape index (κ1) is 21.1. The molecule has 0 aliphatic carbocycles. The molecule has 1 aromatic heterocycles. The van der Waals surface area contributed by atoms with Crippen molar-refractivity contribution in [2.75, 3.05) is 6.61 Å². The van der Waals surface area contributed by atoms with Crippen LogP contribution < -0.4 is 11.2 Å². The fourth-order valence-electron chi connectivity index (χ4n) is 3.86. The van der Waals surface area contributed by atoms with Crippen molar-refractivity contribution in [2.45, 2.75) is 44.3 Å². The molecule has 164 valence electrons. The van der Waals surface area contributed by atoms with E-state index in [-0.39, 0.29) is 11.1 Å². The molecule has 2 aliphatic rings. The number of ether oxygens (including phenoxy) is 1. The number of nitrogens with zero attached hydrogens (tertiary/aromatic N) is 2. The quantitative estimate of drug-likeness (QED) is 0.510. The first-order chi connectivity index (χ1) is 14.9. The van der Waals surface area contributed by atoms with Crippen LogP contribution in [-0.4, -0.2) is 61.6 Å². The number of hydroxylamine groups is 2. The Labute approximate surface area is 175 Å². The van der Waals surface area contributed by atoms with Gasteiger partial charge in [-0.1, -0.05) is 25.5 Å². The Morgan fingerprint density at radius 3 is 2.61 bits per heavy atom. The molecule has 2 aromatic rings. The van der Waals surface area contributed by atoms with Gasteiger partial charge in [0.15, 0.2) is 12.3 Å². The van der Waals surface area contributed by atoms with Crippen LogP contribution in [0.3, 0.4) is 0 Å². The highest BCUT2D eigenvalue weighted by Crippen LogP contribution is 2.34. The number of rotatable bonds is 6. The van der Waals surface area contributed by atoms with Gasteiger partial charge >= 0.3 is 5.69 Å². The number of aliphatic hydroxyl groups is 2. The van der Waals surface area contributed by atoms with E-state index in [2.05, 4.69) is 4.98 Å². The Morgan fingerprint density at radius 1 is 1.16 bits per heavy atom. The van der Waals surface area contributed by atoms with Crippen LogP contribution in [0.25, 0.3) is 0 Å². The van der Waals surface area contributed by atoms with Gasteiger partial charge in [-0.05, 0) is 18.1 Å². The minimum absolute atomic E-state index is 0.181. The molecule has 0 radical (unpaired) electrons. The van der Waals surface area contributed by atoms with Crippen molar-refractivity contribution in [1.82, 2.24) is 14.6 Å². The minimum atomic E-state index is -1.46. The van der Waals surface area contributed by atoms with Crippen LogP contribution in [0.2, 0.25) is 0 Å². The topological polar surface area (TPSA) is 151 Å². The number of aliphatic hydroxyl groups excluding tert-OH is 2. The SMILES string of the molecule is CCCc1cccc2c1C(=O)N(O[C@@H]1[C@H](O)[C@@H](CO)O[C@H]1n1ccc(=O)[nH]c1=O)C2=O. The van der Waals surface area contributed by atoms with Crippen LogP contribution in [0, 0.1) is 0 Å². The molecule has 11 nitrogen and oxygen atoms in total. The van der Waals surface area contributed by atoms with Gasteiger partial charge in [0.05, 0.1) is 17.7 Å². The number of H-pyrrole nitrogens is 1. The third-order valence-electron chi connectivity index (χ3n) is 5.33. The van der Waals surface area contributed by atoms with E-state index in [1.165, 1.54) is 6.07 Å². The summed E-state index contributed by atoms with van der Waals surface area (Å²) in [6.07, 6.45) is -2.81. The van der Waals surface area contributed by atoms with Gasteiger partial charge in [-0.25, -0.2) is 4.79 Å².